The number of thiophene rings is 1. The van der Waals surface area contributed by atoms with Gasteiger partial charge in [-0.25, -0.2) is 0 Å². The second kappa shape index (κ2) is 8.23. The van der Waals surface area contributed by atoms with Crippen molar-refractivity contribution in [2.45, 2.75) is 32.2 Å². The molecule has 2 aliphatic rings. The molecule has 138 valence electrons. The van der Waals surface area contributed by atoms with E-state index in [4.69, 9.17) is 4.74 Å². The van der Waals surface area contributed by atoms with E-state index in [0.29, 0.717) is 12.3 Å². The smallest absolute Gasteiger partial charge is 0.224 e. The molecular formula is C21H26N2O2S. The second-order valence-corrected chi connectivity index (χ2v) is 8.38. The van der Waals surface area contributed by atoms with Gasteiger partial charge in [-0.1, -0.05) is 18.2 Å². The number of piperidine rings is 1. The van der Waals surface area contributed by atoms with Gasteiger partial charge >= 0.3 is 0 Å². The maximum Gasteiger partial charge on any atom is 0.224 e. The molecule has 0 aliphatic carbocycles. The Labute approximate surface area is 159 Å². The molecule has 4 nitrogen and oxygen atoms in total. The van der Waals surface area contributed by atoms with Crippen LogP contribution in [0.2, 0.25) is 0 Å². The van der Waals surface area contributed by atoms with E-state index in [0.717, 1.165) is 44.0 Å². The van der Waals surface area contributed by atoms with Gasteiger partial charge in [-0.15, -0.1) is 11.3 Å². The summed E-state index contributed by atoms with van der Waals surface area (Å²) in [6.45, 7) is 4.83. The second-order valence-electron chi connectivity index (χ2n) is 7.34. The topological polar surface area (TPSA) is 41.6 Å². The molecule has 0 spiro atoms. The van der Waals surface area contributed by atoms with Gasteiger partial charge in [0.15, 0.2) is 0 Å². The first kappa shape index (κ1) is 17.6. The van der Waals surface area contributed by atoms with Gasteiger partial charge in [-0.2, -0.15) is 0 Å². The fourth-order valence-corrected chi connectivity index (χ4v) is 4.69. The Morgan fingerprint density at radius 2 is 2.31 bits per heavy atom. The van der Waals surface area contributed by atoms with Gasteiger partial charge in [0.1, 0.15) is 5.75 Å². The minimum atomic E-state index is 0.124. The van der Waals surface area contributed by atoms with E-state index >= 15 is 0 Å². The molecule has 1 N–H and O–H groups in total. The molecular weight excluding hydrogens is 344 g/mol. The number of ether oxygens (including phenoxy) is 1. The van der Waals surface area contributed by atoms with Crippen LogP contribution in [0, 0.1) is 5.92 Å². The van der Waals surface area contributed by atoms with Crippen molar-refractivity contribution in [1.82, 2.24) is 10.2 Å². The zero-order chi connectivity index (χ0) is 17.8. The monoisotopic (exact) mass is 370 g/mol. The number of hydrogen-bond donors (Lipinski definition) is 1. The fourth-order valence-electron chi connectivity index (χ4n) is 3.94. The van der Waals surface area contributed by atoms with E-state index in [9.17, 15) is 4.79 Å². The first-order valence-electron chi connectivity index (χ1n) is 9.52. The lowest BCUT2D eigenvalue weighted by molar-refractivity contribution is -0.120. The van der Waals surface area contributed by atoms with Gasteiger partial charge in [0, 0.05) is 30.9 Å². The summed E-state index contributed by atoms with van der Waals surface area (Å²) < 4.78 is 5.53. The SMILES string of the molecule is O=C(Cc1ccc2c(c1)CCO2)NCC1CCCN(Cc2cccs2)C1. The maximum absolute atomic E-state index is 12.3. The predicted octanol–water partition coefficient (Wildman–Crippen LogP) is 3.25. The van der Waals surface area contributed by atoms with Crippen LogP contribution >= 0.6 is 11.3 Å². The predicted molar refractivity (Wildman–Crippen MR) is 105 cm³/mol. The number of likely N-dealkylation sites (tertiary alicyclic amines) is 1. The van der Waals surface area contributed by atoms with Crippen molar-refractivity contribution in [3.05, 3.63) is 51.7 Å². The first-order chi connectivity index (χ1) is 12.8. The number of fused-ring (bicyclic) bond motifs is 1. The van der Waals surface area contributed by atoms with E-state index in [2.05, 4.69) is 33.8 Å². The summed E-state index contributed by atoms with van der Waals surface area (Å²) in [7, 11) is 0. The van der Waals surface area contributed by atoms with Gasteiger partial charge in [0.25, 0.3) is 0 Å². The molecule has 1 aromatic heterocycles. The molecule has 2 aliphatic heterocycles. The van der Waals surface area contributed by atoms with Gasteiger partial charge in [0.05, 0.1) is 13.0 Å². The number of nitrogens with zero attached hydrogens (tertiary/aromatic N) is 1. The molecule has 26 heavy (non-hydrogen) atoms. The Bertz CT molecular complexity index is 744. The Balaban J connectivity index is 1.23. The Morgan fingerprint density at radius 3 is 3.19 bits per heavy atom. The molecule has 0 radical (unpaired) electrons. The lowest BCUT2D eigenvalue weighted by Crippen LogP contribution is -2.40. The third-order valence-electron chi connectivity index (χ3n) is 5.27. The molecule has 5 heteroatoms. The highest BCUT2D eigenvalue weighted by molar-refractivity contribution is 7.09. The summed E-state index contributed by atoms with van der Waals surface area (Å²) in [6, 6.07) is 10.4. The molecule has 3 heterocycles. The fraction of sp³-hybridized carbons (Fsp3) is 0.476. The zero-order valence-electron chi connectivity index (χ0n) is 15.1. The average Bonchev–Trinajstić information content (AvgIpc) is 3.31. The first-order valence-corrected chi connectivity index (χ1v) is 10.4. The summed E-state index contributed by atoms with van der Waals surface area (Å²) in [6.07, 6.45) is 3.83. The third kappa shape index (κ3) is 4.46. The number of amides is 1. The van der Waals surface area contributed by atoms with Crippen molar-refractivity contribution in [1.29, 1.82) is 0 Å². The van der Waals surface area contributed by atoms with E-state index < -0.39 is 0 Å². The van der Waals surface area contributed by atoms with Crippen LogP contribution in [0.5, 0.6) is 5.75 Å². The molecule has 2 aromatic rings. The summed E-state index contributed by atoms with van der Waals surface area (Å²) in [5, 5.41) is 5.29. The number of carbonyl (C=O) groups is 1. The largest absolute Gasteiger partial charge is 0.493 e. The number of nitrogens with one attached hydrogen (secondary N) is 1. The number of carbonyl (C=O) groups excluding carboxylic acids is 1. The maximum atomic E-state index is 12.3. The van der Waals surface area contributed by atoms with Crippen molar-refractivity contribution < 1.29 is 9.53 Å². The van der Waals surface area contributed by atoms with Crippen molar-refractivity contribution >= 4 is 17.2 Å². The molecule has 0 bridgehead atoms. The zero-order valence-corrected chi connectivity index (χ0v) is 15.9. The molecule has 1 saturated heterocycles. The highest BCUT2D eigenvalue weighted by Gasteiger charge is 2.21. The molecule has 1 unspecified atom stereocenters. The lowest BCUT2D eigenvalue weighted by Gasteiger charge is -2.32. The van der Waals surface area contributed by atoms with E-state index in [1.165, 1.54) is 29.8 Å². The molecule has 1 amide bonds. The lowest BCUT2D eigenvalue weighted by atomic mass is 9.97. The van der Waals surface area contributed by atoms with Crippen LogP contribution in [0.3, 0.4) is 0 Å². The minimum Gasteiger partial charge on any atom is -0.493 e. The van der Waals surface area contributed by atoms with Crippen LogP contribution in [0.1, 0.15) is 28.8 Å². The quantitative estimate of drug-likeness (QED) is 0.849. The van der Waals surface area contributed by atoms with E-state index in [-0.39, 0.29) is 5.91 Å². The van der Waals surface area contributed by atoms with Crippen LogP contribution in [-0.2, 0) is 24.2 Å². The Hall–Kier alpha value is -1.85. The van der Waals surface area contributed by atoms with E-state index in [1.807, 2.05) is 23.5 Å². The molecule has 0 saturated carbocycles. The molecule has 1 fully saturated rings. The highest BCUT2D eigenvalue weighted by atomic mass is 32.1. The van der Waals surface area contributed by atoms with Crippen LogP contribution < -0.4 is 10.1 Å². The van der Waals surface area contributed by atoms with Crippen LogP contribution in [0.15, 0.2) is 35.7 Å². The number of hydrogen-bond acceptors (Lipinski definition) is 4. The average molecular weight is 371 g/mol. The Kier molecular flexibility index (Phi) is 5.56. The molecule has 1 aromatic carbocycles. The standard InChI is InChI=1S/C21H26N2O2S/c24-21(12-16-5-6-20-18(11-16)7-9-25-20)22-13-17-3-1-8-23(14-17)15-19-4-2-10-26-19/h2,4-6,10-11,17H,1,3,7-9,12-15H2,(H,22,24). The van der Waals surface area contributed by atoms with Crippen molar-refractivity contribution in [3.8, 4) is 5.75 Å². The van der Waals surface area contributed by atoms with E-state index in [1.54, 1.807) is 0 Å². The van der Waals surface area contributed by atoms with Gasteiger partial charge < -0.3 is 10.1 Å². The van der Waals surface area contributed by atoms with Crippen LogP contribution in [0.25, 0.3) is 0 Å². The Morgan fingerprint density at radius 1 is 1.35 bits per heavy atom. The minimum absolute atomic E-state index is 0.124. The van der Waals surface area contributed by atoms with Gasteiger partial charge in [0.2, 0.25) is 5.91 Å². The van der Waals surface area contributed by atoms with Gasteiger partial charge in [-0.05, 0) is 53.9 Å². The summed E-state index contributed by atoms with van der Waals surface area (Å²) in [5.41, 5.74) is 2.31. The highest BCUT2D eigenvalue weighted by Crippen LogP contribution is 2.26. The number of rotatable bonds is 6. The molecule has 1 atom stereocenters. The normalized spacial score (nSPS) is 19.8. The third-order valence-corrected chi connectivity index (χ3v) is 6.13. The van der Waals surface area contributed by atoms with Crippen LogP contribution in [-0.4, -0.2) is 37.0 Å². The van der Waals surface area contributed by atoms with Crippen molar-refractivity contribution in [2.75, 3.05) is 26.2 Å². The summed E-state index contributed by atoms with van der Waals surface area (Å²) >= 11 is 1.83. The van der Waals surface area contributed by atoms with Crippen molar-refractivity contribution in [3.63, 3.8) is 0 Å². The van der Waals surface area contributed by atoms with Crippen LogP contribution in [0.4, 0.5) is 0 Å². The summed E-state index contributed by atoms with van der Waals surface area (Å²) in [4.78, 5) is 16.3. The van der Waals surface area contributed by atoms with Gasteiger partial charge in [-0.3, -0.25) is 9.69 Å². The van der Waals surface area contributed by atoms with Crippen molar-refractivity contribution in [2.24, 2.45) is 5.92 Å². The molecule has 4 rings (SSSR count). The summed E-state index contributed by atoms with van der Waals surface area (Å²) in [5.74, 6) is 1.66. The number of benzene rings is 1.